The van der Waals surface area contributed by atoms with Crippen LogP contribution in [0.2, 0.25) is 0 Å². The third-order valence-corrected chi connectivity index (χ3v) is 4.43. The molecule has 0 aliphatic heterocycles. The van der Waals surface area contributed by atoms with Crippen LogP contribution in [0.3, 0.4) is 0 Å². The molecule has 0 fully saturated rings. The van der Waals surface area contributed by atoms with Crippen LogP contribution in [0.15, 0.2) is 28.5 Å². The fourth-order valence-electron chi connectivity index (χ4n) is 1.98. The molecule has 21 heavy (non-hydrogen) atoms. The van der Waals surface area contributed by atoms with Gasteiger partial charge in [-0.2, -0.15) is 0 Å². The first kappa shape index (κ1) is 15.8. The highest BCUT2D eigenvalue weighted by Crippen LogP contribution is 2.25. The molecule has 0 spiro atoms. The van der Waals surface area contributed by atoms with Gasteiger partial charge in [0.15, 0.2) is 0 Å². The van der Waals surface area contributed by atoms with Crippen molar-refractivity contribution in [3.8, 4) is 0 Å². The van der Waals surface area contributed by atoms with Crippen molar-refractivity contribution in [1.29, 1.82) is 0 Å². The van der Waals surface area contributed by atoms with Gasteiger partial charge in [-0.1, -0.05) is 27.7 Å². The Morgan fingerprint density at radius 2 is 2.10 bits per heavy atom. The summed E-state index contributed by atoms with van der Waals surface area (Å²) in [5.41, 5.74) is 2.13. The van der Waals surface area contributed by atoms with Gasteiger partial charge in [0.2, 0.25) is 0 Å². The molecule has 0 amide bonds. The van der Waals surface area contributed by atoms with E-state index in [4.69, 9.17) is 0 Å². The van der Waals surface area contributed by atoms with Crippen molar-refractivity contribution in [2.75, 3.05) is 5.32 Å². The minimum Gasteiger partial charge on any atom is -0.378 e. The molecule has 114 valence electrons. The summed E-state index contributed by atoms with van der Waals surface area (Å²) in [6.45, 7) is 10.0. The van der Waals surface area contributed by atoms with E-state index in [0.29, 0.717) is 6.54 Å². The number of aromatic nitrogens is 2. The maximum Gasteiger partial charge on any atom is 0.250 e. The monoisotopic (exact) mass is 305 g/mol. The number of nitrogens with zero attached hydrogens (tertiary/aromatic N) is 2. The Kier molecular flexibility index (Phi) is 4.83. The highest BCUT2D eigenvalue weighted by Gasteiger charge is 2.17. The Morgan fingerprint density at radius 3 is 2.71 bits per heavy atom. The van der Waals surface area contributed by atoms with E-state index in [1.807, 2.05) is 12.3 Å². The van der Waals surface area contributed by atoms with E-state index in [0.717, 1.165) is 29.4 Å². The number of nitrogens with one attached hydrogen (secondary N) is 1. The second kappa shape index (κ2) is 6.43. The number of rotatable bonds is 5. The number of hydrogen-bond acceptors (Lipinski definition) is 4. The topological polar surface area (TPSA) is 46.9 Å². The zero-order valence-corrected chi connectivity index (χ0v) is 14.0. The molecular formula is C16H23N3OS. The predicted molar refractivity (Wildman–Crippen MR) is 89.1 cm³/mol. The largest absolute Gasteiger partial charge is 0.378 e. The van der Waals surface area contributed by atoms with Gasteiger partial charge in [-0.05, 0) is 12.5 Å². The summed E-state index contributed by atoms with van der Waals surface area (Å²) < 4.78 is 1.74. The lowest BCUT2D eigenvalue weighted by molar-refractivity contribution is 0.583. The van der Waals surface area contributed by atoms with Crippen LogP contribution in [0.25, 0.3) is 0 Å². The summed E-state index contributed by atoms with van der Waals surface area (Å²) in [7, 11) is 0. The van der Waals surface area contributed by atoms with Gasteiger partial charge in [-0.3, -0.25) is 4.79 Å². The molecule has 2 heterocycles. The molecule has 2 rings (SSSR count). The summed E-state index contributed by atoms with van der Waals surface area (Å²) >= 11 is 1.70. The maximum absolute atomic E-state index is 11.7. The van der Waals surface area contributed by atoms with Crippen LogP contribution >= 0.6 is 11.3 Å². The molecule has 0 saturated heterocycles. The first-order valence-corrected chi connectivity index (χ1v) is 8.17. The van der Waals surface area contributed by atoms with Crippen LogP contribution < -0.4 is 10.9 Å². The quantitative estimate of drug-likeness (QED) is 0.917. The van der Waals surface area contributed by atoms with E-state index in [-0.39, 0.29) is 11.0 Å². The van der Waals surface area contributed by atoms with Crippen molar-refractivity contribution in [2.24, 2.45) is 0 Å². The summed E-state index contributed by atoms with van der Waals surface area (Å²) in [6.07, 6.45) is 2.83. The van der Waals surface area contributed by atoms with Crippen molar-refractivity contribution in [1.82, 2.24) is 9.55 Å². The fraction of sp³-hybridized carbons (Fsp3) is 0.500. The van der Waals surface area contributed by atoms with Crippen molar-refractivity contribution < 1.29 is 0 Å². The van der Waals surface area contributed by atoms with Gasteiger partial charge < -0.3 is 9.88 Å². The smallest absolute Gasteiger partial charge is 0.250 e. The number of anilines is 1. The molecule has 0 aliphatic rings. The molecule has 4 nitrogen and oxygen atoms in total. The first-order chi connectivity index (χ1) is 9.90. The second-order valence-corrected chi connectivity index (χ2v) is 7.06. The van der Waals surface area contributed by atoms with Gasteiger partial charge in [-0.25, -0.2) is 4.98 Å². The van der Waals surface area contributed by atoms with Crippen LogP contribution in [-0.4, -0.2) is 9.55 Å². The Labute approximate surface area is 129 Å². The van der Waals surface area contributed by atoms with Crippen LogP contribution in [0.1, 0.15) is 44.8 Å². The van der Waals surface area contributed by atoms with Crippen molar-refractivity contribution in [3.05, 3.63) is 44.8 Å². The van der Waals surface area contributed by atoms with Crippen LogP contribution in [0.4, 0.5) is 5.69 Å². The average molecular weight is 305 g/mol. The summed E-state index contributed by atoms with van der Waals surface area (Å²) in [5, 5.41) is 6.58. The molecule has 0 atom stereocenters. The predicted octanol–water partition coefficient (Wildman–Crippen LogP) is 3.62. The first-order valence-electron chi connectivity index (χ1n) is 7.29. The Bertz CT molecular complexity index is 652. The molecule has 0 radical (unpaired) electrons. The lowest BCUT2D eigenvalue weighted by Crippen LogP contribution is -2.18. The fourth-order valence-corrected chi connectivity index (χ4v) is 2.88. The third kappa shape index (κ3) is 4.17. The average Bonchev–Trinajstić information content (AvgIpc) is 2.89. The van der Waals surface area contributed by atoms with Gasteiger partial charge >= 0.3 is 0 Å². The zero-order chi connectivity index (χ0) is 15.5. The van der Waals surface area contributed by atoms with Crippen molar-refractivity contribution in [2.45, 2.75) is 52.6 Å². The molecule has 1 N–H and O–H groups in total. The minimum atomic E-state index is 0.0473. The van der Waals surface area contributed by atoms with Crippen LogP contribution in [0.5, 0.6) is 0 Å². The summed E-state index contributed by atoms with van der Waals surface area (Å²) in [4.78, 5) is 16.3. The Balaban J connectivity index is 2.04. The van der Waals surface area contributed by atoms with Gasteiger partial charge in [0.1, 0.15) is 0 Å². The number of thiazole rings is 1. The Morgan fingerprint density at radius 1 is 1.33 bits per heavy atom. The van der Waals surface area contributed by atoms with Crippen LogP contribution in [-0.2, 0) is 18.5 Å². The molecule has 0 saturated carbocycles. The van der Waals surface area contributed by atoms with E-state index < -0.39 is 0 Å². The molecule has 0 aliphatic carbocycles. The van der Waals surface area contributed by atoms with Gasteiger partial charge in [0.05, 0.1) is 22.9 Å². The molecule has 2 aromatic rings. The third-order valence-electron chi connectivity index (χ3n) is 3.11. The molecule has 0 bridgehead atoms. The molecule has 0 aromatic carbocycles. The normalized spacial score (nSPS) is 11.6. The van der Waals surface area contributed by atoms with Gasteiger partial charge in [-0.15, -0.1) is 11.3 Å². The molecule has 5 heteroatoms. The van der Waals surface area contributed by atoms with Crippen molar-refractivity contribution in [3.63, 3.8) is 0 Å². The number of aryl methyl sites for hydroxylation is 1. The highest BCUT2D eigenvalue weighted by atomic mass is 32.1. The van der Waals surface area contributed by atoms with E-state index in [9.17, 15) is 4.79 Å². The van der Waals surface area contributed by atoms with Gasteiger partial charge in [0.25, 0.3) is 5.56 Å². The maximum atomic E-state index is 11.7. The molecule has 2 aromatic heterocycles. The second-order valence-electron chi connectivity index (χ2n) is 6.20. The van der Waals surface area contributed by atoms with Crippen LogP contribution in [0, 0.1) is 0 Å². The minimum absolute atomic E-state index is 0.0473. The van der Waals surface area contributed by atoms with E-state index >= 15 is 0 Å². The number of pyridine rings is 1. The van der Waals surface area contributed by atoms with E-state index in [2.05, 4.69) is 43.4 Å². The summed E-state index contributed by atoms with van der Waals surface area (Å²) in [5.74, 6) is 0. The van der Waals surface area contributed by atoms with E-state index in [1.54, 1.807) is 22.0 Å². The van der Waals surface area contributed by atoms with E-state index in [1.165, 1.54) is 0 Å². The lowest BCUT2D eigenvalue weighted by Gasteiger charge is -2.13. The standard InChI is InChI=1S/C16H23N3OS/c1-5-8-19-10-12(6-7-14(19)20)17-9-13-11-21-15(18-13)16(2,3)4/h6-7,10-11,17H,5,8-9H2,1-4H3. The number of hydrogen-bond donors (Lipinski definition) is 1. The molecular weight excluding hydrogens is 282 g/mol. The molecule has 0 unspecified atom stereocenters. The summed E-state index contributed by atoms with van der Waals surface area (Å²) in [6, 6.07) is 3.44. The lowest BCUT2D eigenvalue weighted by atomic mass is 9.98. The zero-order valence-electron chi connectivity index (χ0n) is 13.1. The SMILES string of the molecule is CCCn1cc(NCc2csc(C(C)(C)C)n2)ccc1=O. The van der Waals surface area contributed by atoms with Gasteiger partial charge in [0, 0.05) is 29.6 Å². The highest BCUT2D eigenvalue weighted by molar-refractivity contribution is 7.09. The Hall–Kier alpha value is -1.62. The van der Waals surface area contributed by atoms with Crippen molar-refractivity contribution >= 4 is 17.0 Å².